The molecule has 1 unspecified atom stereocenters. The normalized spacial score (nSPS) is 19.6. The monoisotopic (exact) mass is 295 g/mol. The maximum absolute atomic E-state index is 3.59. The van der Waals surface area contributed by atoms with E-state index in [2.05, 4.69) is 53.5 Å². The summed E-state index contributed by atoms with van der Waals surface area (Å²) in [5.74, 6) is 0. The Morgan fingerprint density at radius 3 is 2.80 bits per heavy atom. The molecule has 1 N–H and O–H groups in total. The van der Waals surface area contributed by atoms with E-state index in [1.54, 1.807) is 0 Å². The summed E-state index contributed by atoms with van der Waals surface area (Å²) < 4.78 is 0. The number of likely N-dealkylation sites (tertiary alicyclic amines) is 1. The van der Waals surface area contributed by atoms with E-state index in [-0.39, 0.29) is 0 Å². The second-order valence-corrected chi connectivity index (χ2v) is 6.92. The lowest BCUT2D eigenvalue weighted by molar-refractivity contribution is 0.104. The fourth-order valence-corrected chi connectivity index (χ4v) is 3.64. The molecular formula is C16H29N3S. The van der Waals surface area contributed by atoms with Gasteiger partial charge in [0.05, 0.1) is 0 Å². The molecule has 1 fully saturated rings. The summed E-state index contributed by atoms with van der Waals surface area (Å²) in [6.45, 7) is 10.4. The summed E-state index contributed by atoms with van der Waals surface area (Å²) in [6.07, 6.45) is 2.64. The molecule has 1 aliphatic heterocycles. The van der Waals surface area contributed by atoms with Crippen molar-refractivity contribution >= 4 is 11.3 Å². The summed E-state index contributed by atoms with van der Waals surface area (Å²) in [6, 6.07) is 5.69. The van der Waals surface area contributed by atoms with Gasteiger partial charge in [-0.3, -0.25) is 4.90 Å². The number of thiophene rings is 1. The van der Waals surface area contributed by atoms with E-state index < -0.39 is 0 Å². The lowest BCUT2D eigenvalue weighted by atomic mass is 10.0. The van der Waals surface area contributed by atoms with Crippen LogP contribution in [0.25, 0.3) is 0 Å². The van der Waals surface area contributed by atoms with Crippen LogP contribution in [-0.2, 0) is 6.54 Å². The van der Waals surface area contributed by atoms with Gasteiger partial charge < -0.3 is 10.2 Å². The molecule has 0 spiro atoms. The summed E-state index contributed by atoms with van der Waals surface area (Å²) in [5, 5.41) is 5.73. The predicted octanol–water partition coefficient (Wildman–Crippen LogP) is 2.64. The highest BCUT2D eigenvalue weighted by molar-refractivity contribution is 7.09. The van der Waals surface area contributed by atoms with Crippen LogP contribution in [0.3, 0.4) is 0 Å². The van der Waals surface area contributed by atoms with E-state index in [9.17, 15) is 0 Å². The zero-order chi connectivity index (χ0) is 14.4. The first-order chi connectivity index (χ1) is 9.70. The molecule has 20 heavy (non-hydrogen) atoms. The first-order valence-corrected chi connectivity index (χ1v) is 8.76. The van der Waals surface area contributed by atoms with Crippen LogP contribution in [-0.4, -0.2) is 55.1 Å². The molecule has 1 saturated heterocycles. The van der Waals surface area contributed by atoms with Crippen molar-refractivity contribution in [2.45, 2.75) is 45.3 Å². The Morgan fingerprint density at radius 2 is 2.20 bits per heavy atom. The first-order valence-electron chi connectivity index (χ1n) is 7.88. The van der Waals surface area contributed by atoms with E-state index in [4.69, 9.17) is 0 Å². The third-order valence-electron chi connectivity index (χ3n) is 4.59. The molecule has 2 rings (SSSR count). The van der Waals surface area contributed by atoms with Crippen LogP contribution in [0.1, 0.15) is 31.6 Å². The molecule has 1 aromatic rings. The van der Waals surface area contributed by atoms with Crippen LogP contribution in [0, 0.1) is 0 Å². The number of piperidine rings is 1. The molecule has 2 heterocycles. The van der Waals surface area contributed by atoms with Crippen LogP contribution in [0.15, 0.2) is 17.5 Å². The van der Waals surface area contributed by atoms with E-state index in [0.29, 0.717) is 6.04 Å². The topological polar surface area (TPSA) is 18.5 Å². The molecule has 1 atom stereocenters. The highest BCUT2D eigenvalue weighted by Crippen LogP contribution is 2.17. The van der Waals surface area contributed by atoms with E-state index in [0.717, 1.165) is 19.1 Å². The van der Waals surface area contributed by atoms with E-state index in [1.807, 2.05) is 11.3 Å². The van der Waals surface area contributed by atoms with Gasteiger partial charge in [-0.1, -0.05) is 13.0 Å². The Labute approximate surface area is 128 Å². The van der Waals surface area contributed by atoms with Crippen LogP contribution >= 0.6 is 11.3 Å². The average Bonchev–Trinajstić information content (AvgIpc) is 2.99. The maximum atomic E-state index is 3.59. The quantitative estimate of drug-likeness (QED) is 0.834. The molecule has 0 aliphatic carbocycles. The highest BCUT2D eigenvalue weighted by Gasteiger charge is 2.24. The minimum absolute atomic E-state index is 0.605. The number of nitrogens with zero attached hydrogens (tertiary/aromatic N) is 2. The maximum Gasteiger partial charge on any atom is 0.0300 e. The van der Waals surface area contributed by atoms with Crippen molar-refractivity contribution in [1.82, 2.24) is 15.1 Å². The van der Waals surface area contributed by atoms with Gasteiger partial charge in [0, 0.05) is 30.1 Å². The molecule has 0 amide bonds. The van der Waals surface area contributed by atoms with E-state index >= 15 is 0 Å². The van der Waals surface area contributed by atoms with Crippen molar-refractivity contribution < 1.29 is 0 Å². The molecule has 0 aromatic carbocycles. The second-order valence-electron chi connectivity index (χ2n) is 5.89. The number of hydrogen-bond acceptors (Lipinski definition) is 4. The third kappa shape index (κ3) is 4.55. The molecule has 0 saturated carbocycles. The lowest BCUT2D eigenvalue weighted by Crippen LogP contribution is -2.48. The molecule has 3 nitrogen and oxygen atoms in total. The lowest BCUT2D eigenvalue weighted by Gasteiger charge is -2.39. The SMILES string of the molecule is CCN1CCC(N(C)C(C)CNCc2cccs2)CC1. The molecular weight excluding hydrogens is 266 g/mol. The van der Waals surface area contributed by atoms with Crippen molar-refractivity contribution in [3.63, 3.8) is 0 Å². The summed E-state index contributed by atoms with van der Waals surface area (Å²) in [7, 11) is 2.30. The largest absolute Gasteiger partial charge is 0.310 e. The van der Waals surface area contributed by atoms with Gasteiger partial charge in [0.1, 0.15) is 0 Å². The van der Waals surface area contributed by atoms with Gasteiger partial charge in [0.25, 0.3) is 0 Å². The molecule has 4 heteroatoms. The van der Waals surface area contributed by atoms with Crippen molar-refractivity contribution in [2.24, 2.45) is 0 Å². The van der Waals surface area contributed by atoms with E-state index in [1.165, 1.54) is 37.4 Å². The molecule has 1 aliphatic rings. The summed E-state index contributed by atoms with van der Waals surface area (Å²) in [4.78, 5) is 6.56. The fourth-order valence-electron chi connectivity index (χ4n) is 2.96. The molecule has 1 aromatic heterocycles. The first kappa shape index (κ1) is 16.0. The Balaban J connectivity index is 1.67. The summed E-state index contributed by atoms with van der Waals surface area (Å²) in [5.41, 5.74) is 0. The Kier molecular flexibility index (Phi) is 6.49. The van der Waals surface area contributed by atoms with Crippen molar-refractivity contribution in [3.05, 3.63) is 22.4 Å². The van der Waals surface area contributed by atoms with Crippen LogP contribution in [0.4, 0.5) is 0 Å². The minimum atomic E-state index is 0.605. The molecule has 0 bridgehead atoms. The number of hydrogen-bond donors (Lipinski definition) is 1. The van der Waals surface area contributed by atoms with Gasteiger partial charge in [0.2, 0.25) is 0 Å². The number of rotatable bonds is 7. The third-order valence-corrected chi connectivity index (χ3v) is 5.47. The van der Waals surface area contributed by atoms with Crippen molar-refractivity contribution in [1.29, 1.82) is 0 Å². The van der Waals surface area contributed by atoms with Crippen LogP contribution in [0.5, 0.6) is 0 Å². The van der Waals surface area contributed by atoms with Gasteiger partial charge in [0.15, 0.2) is 0 Å². The van der Waals surface area contributed by atoms with Gasteiger partial charge in [-0.05, 0) is 57.9 Å². The number of nitrogens with one attached hydrogen (secondary N) is 1. The minimum Gasteiger partial charge on any atom is -0.310 e. The van der Waals surface area contributed by atoms with Crippen molar-refractivity contribution in [2.75, 3.05) is 33.2 Å². The predicted molar refractivity (Wildman–Crippen MR) is 88.4 cm³/mol. The molecule has 0 radical (unpaired) electrons. The zero-order valence-corrected chi connectivity index (χ0v) is 14.0. The highest BCUT2D eigenvalue weighted by atomic mass is 32.1. The van der Waals surface area contributed by atoms with Crippen LogP contribution in [0.2, 0.25) is 0 Å². The van der Waals surface area contributed by atoms with Gasteiger partial charge in [-0.25, -0.2) is 0 Å². The molecule has 114 valence electrons. The Morgan fingerprint density at radius 1 is 1.45 bits per heavy atom. The standard InChI is InChI=1S/C16H29N3S/c1-4-19-9-7-15(8-10-19)18(3)14(2)12-17-13-16-6-5-11-20-16/h5-6,11,14-15,17H,4,7-10,12-13H2,1-3H3. The average molecular weight is 295 g/mol. The number of likely N-dealkylation sites (N-methyl/N-ethyl adjacent to an activating group) is 1. The Bertz CT molecular complexity index is 358. The summed E-state index contributed by atoms with van der Waals surface area (Å²) >= 11 is 1.83. The Hall–Kier alpha value is -0.420. The van der Waals surface area contributed by atoms with Gasteiger partial charge in [-0.15, -0.1) is 11.3 Å². The van der Waals surface area contributed by atoms with Gasteiger partial charge >= 0.3 is 0 Å². The van der Waals surface area contributed by atoms with Crippen molar-refractivity contribution in [3.8, 4) is 0 Å². The fraction of sp³-hybridized carbons (Fsp3) is 0.750. The van der Waals surface area contributed by atoms with Gasteiger partial charge in [-0.2, -0.15) is 0 Å². The smallest absolute Gasteiger partial charge is 0.0300 e. The second kappa shape index (κ2) is 8.13. The van der Waals surface area contributed by atoms with Crippen LogP contribution < -0.4 is 5.32 Å². The zero-order valence-electron chi connectivity index (χ0n) is 13.1.